The molecular formula is C15H22ClN3O2. The monoisotopic (exact) mass is 311 g/mol. The summed E-state index contributed by atoms with van der Waals surface area (Å²) in [5, 5.41) is 8.82. The van der Waals surface area contributed by atoms with Crippen molar-refractivity contribution in [3.8, 4) is 0 Å². The number of carbonyl (C=O) groups excluding carboxylic acids is 2. The van der Waals surface area contributed by atoms with Gasteiger partial charge in [0, 0.05) is 18.7 Å². The maximum absolute atomic E-state index is 11.8. The predicted molar refractivity (Wildman–Crippen MR) is 84.7 cm³/mol. The van der Waals surface area contributed by atoms with Crippen LogP contribution in [0.4, 0.5) is 0 Å². The molecule has 0 aliphatic carbocycles. The summed E-state index contributed by atoms with van der Waals surface area (Å²) < 4.78 is 0. The molecule has 1 atom stereocenters. The lowest BCUT2D eigenvalue weighted by Gasteiger charge is -2.22. The van der Waals surface area contributed by atoms with E-state index in [2.05, 4.69) is 16.0 Å². The summed E-state index contributed by atoms with van der Waals surface area (Å²) in [6, 6.07) is 8.97. The fraction of sp³-hybridized carbons (Fsp3) is 0.467. The van der Waals surface area contributed by atoms with Crippen LogP contribution in [-0.2, 0) is 4.79 Å². The molecule has 2 rings (SSSR count). The Bertz CT molecular complexity index is 447. The number of hydrogen-bond acceptors (Lipinski definition) is 3. The molecule has 1 aliphatic heterocycles. The Morgan fingerprint density at radius 1 is 1.10 bits per heavy atom. The molecule has 0 bridgehead atoms. The van der Waals surface area contributed by atoms with Crippen molar-refractivity contribution in [3.05, 3.63) is 35.9 Å². The number of amides is 2. The summed E-state index contributed by atoms with van der Waals surface area (Å²) in [6.07, 6.45) is 3.12. The Morgan fingerprint density at radius 2 is 1.81 bits per heavy atom. The number of benzene rings is 1. The number of nitrogens with one attached hydrogen (secondary N) is 3. The maximum atomic E-state index is 11.8. The highest BCUT2D eigenvalue weighted by Gasteiger charge is 2.19. The van der Waals surface area contributed by atoms with Crippen LogP contribution in [0.2, 0.25) is 0 Å². The zero-order valence-corrected chi connectivity index (χ0v) is 12.7. The molecule has 116 valence electrons. The van der Waals surface area contributed by atoms with Gasteiger partial charge in [-0.3, -0.25) is 9.59 Å². The molecule has 1 unspecified atom stereocenters. The number of piperidine rings is 1. The minimum Gasteiger partial charge on any atom is -0.353 e. The van der Waals surface area contributed by atoms with Gasteiger partial charge in [0.1, 0.15) is 0 Å². The van der Waals surface area contributed by atoms with Gasteiger partial charge in [0.25, 0.3) is 5.91 Å². The highest BCUT2D eigenvalue weighted by Crippen LogP contribution is 2.06. The molecule has 1 aromatic carbocycles. The fourth-order valence-electron chi connectivity index (χ4n) is 2.25. The Hall–Kier alpha value is -1.59. The number of halogens is 1. The van der Waals surface area contributed by atoms with Gasteiger partial charge in [0.2, 0.25) is 5.91 Å². The van der Waals surface area contributed by atoms with Crippen LogP contribution >= 0.6 is 12.4 Å². The van der Waals surface area contributed by atoms with E-state index in [0.29, 0.717) is 18.7 Å². The van der Waals surface area contributed by atoms with E-state index in [0.717, 1.165) is 25.8 Å². The van der Waals surface area contributed by atoms with Gasteiger partial charge < -0.3 is 16.0 Å². The quantitative estimate of drug-likeness (QED) is 0.713. The number of rotatable bonds is 5. The van der Waals surface area contributed by atoms with E-state index in [4.69, 9.17) is 0 Å². The second-order valence-electron chi connectivity index (χ2n) is 4.92. The van der Waals surface area contributed by atoms with Gasteiger partial charge in [0.15, 0.2) is 0 Å². The fourth-order valence-corrected chi connectivity index (χ4v) is 2.25. The van der Waals surface area contributed by atoms with Gasteiger partial charge in [-0.15, -0.1) is 12.4 Å². The maximum Gasteiger partial charge on any atom is 0.251 e. The third kappa shape index (κ3) is 5.73. The molecule has 1 heterocycles. The second kappa shape index (κ2) is 9.37. The van der Waals surface area contributed by atoms with E-state index in [1.54, 1.807) is 12.1 Å². The molecule has 1 fully saturated rings. The molecule has 1 saturated heterocycles. The molecular weight excluding hydrogens is 290 g/mol. The van der Waals surface area contributed by atoms with Gasteiger partial charge >= 0.3 is 0 Å². The summed E-state index contributed by atoms with van der Waals surface area (Å²) in [4.78, 5) is 23.6. The van der Waals surface area contributed by atoms with E-state index in [-0.39, 0.29) is 30.3 Å². The average molecular weight is 312 g/mol. The molecule has 21 heavy (non-hydrogen) atoms. The molecule has 1 aromatic rings. The summed E-state index contributed by atoms with van der Waals surface area (Å²) in [7, 11) is 0. The first-order chi connectivity index (χ1) is 9.77. The van der Waals surface area contributed by atoms with Crippen LogP contribution in [-0.4, -0.2) is 37.5 Å². The van der Waals surface area contributed by atoms with Crippen LogP contribution < -0.4 is 16.0 Å². The molecule has 5 nitrogen and oxygen atoms in total. The van der Waals surface area contributed by atoms with Gasteiger partial charge in [0.05, 0.1) is 6.04 Å². The summed E-state index contributed by atoms with van der Waals surface area (Å²) in [5.41, 5.74) is 0.632. The SMILES string of the molecule is Cl.O=C(NCCNC(=O)C1CCCCN1)c1ccccc1. The predicted octanol–water partition coefficient (Wildman–Crippen LogP) is 1.10. The number of carbonyl (C=O) groups is 2. The molecule has 0 saturated carbocycles. The second-order valence-corrected chi connectivity index (χ2v) is 4.92. The van der Waals surface area contributed by atoms with Crippen molar-refractivity contribution in [2.45, 2.75) is 25.3 Å². The van der Waals surface area contributed by atoms with Crippen LogP contribution in [0.5, 0.6) is 0 Å². The highest BCUT2D eigenvalue weighted by molar-refractivity contribution is 5.94. The Balaban J connectivity index is 0.00000220. The standard InChI is InChI=1S/C15H21N3O2.ClH/c19-14(12-6-2-1-3-7-12)17-10-11-18-15(20)13-8-4-5-9-16-13;/h1-3,6-7,13,16H,4-5,8-11H2,(H,17,19)(H,18,20);1H. The third-order valence-electron chi connectivity index (χ3n) is 3.37. The van der Waals surface area contributed by atoms with Crippen LogP contribution in [0, 0.1) is 0 Å². The van der Waals surface area contributed by atoms with Crippen molar-refractivity contribution in [1.29, 1.82) is 0 Å². The smallest absolute Gasteiger partial charge is 0.251 e. The van der Waals surface area contributed by atoms with E-state index in [1.807, 2.05) is 18.2 Å². The first-order valence-electron chi connectivity index (χ1n) is 7.12. The largest absolute Gasteiger partial charge is 0.353 e. The van der Waals surface area contributed by atoms with Gasteiger partial charge in [-0.25, -0.2) is 0 Å². The molecule has 6 heteroatoms. The van der Waals surface area contributed by atoms with Gasteiger partial charge in [-0.1, -0.05) is 24.6 Å². The van der Waals surface area contributed by atoms with E-state index < -0.39 is 0 Å². The molecule has 1 aliphatic rings. The summed E-state index contributed by atoms with van der Waals surface area (Å²) in [5.74, 6) is -0.0886. The first kappa shape index (κ1) is 17.5. The van der Waals surface area contributed by atoms with Crippen molar-refractivity contribution >= 4 is 24.2 Å². The summed E-state index contributed by atoms with van der Waals surface area (Å²) >= 11 is 0. The van der Waals surface area contributed by atoms with Crippen molar-refractivity contribution in [2.24, 2.45) is 0 Å². The van der Waals surface area contributed by atoms with E-state index in [1.165, 1.54) is 0 Å². The first-order valence-corrected chi connectivity index (χ1v) is 7.12. The zero-order valence-electron chi connectivity index (χ0n) is 11.9. The van der Waals surface area contributed by atoms with E-state index >= 15 is 0 Å². The summed E-state index contributed by atoms with van der Waals surface area (Å²) in [6.45, 7) is 1.80. The van der Waals surface area contributed by atoms with Crippen molar-refractivity contribution in [3.63, 3.8) is 0 Å². The average Bonchev–Trinajstić information content (AvgIpc) is 2.53. The van der Waals surface area contributed by atoms with Crippen LogP contribution in [0.25, 0.3) is 0 Å². The van der Waals surface area contributed by atoms with Crippen LogP contribution in [0.15, 0.2) is 30.3 Å². The zero-order chi connectivity index (χ0) is 14.2. The minimum atomic E-state index is -0.115. The van der Waals surface area contributed by atoms with Crippen LogP contribution in [0.3, 0.4) is 0 Å². The third-order valence-corrected chi connectivity index (χ3v) is 3.37. The lowest BCUT2D eigenvalue weighted by Crippen LogP contribution is -2.48. The normalized spacial score (nSPS) is 17.4. The van der Waals surface area contributed by atoms with Crippen molar-refractivity contribution < 1.29 is 9.59 Å². The molecule has 2 amide bonds. The van der Waals surface area contributed by atoms with Gasteiger partial charge in [-0.05, 0) is 31.5 Å². The molecule has 3 N–H and O–H groups in total. The van der Waals surface area contributed by atoms with Crippen molar-refractivity contribution in [1.82, 2.24) is 16.0 Å². The molecule has 0 radical (unpaired) electrons. The molecule has 0 aromatic heterocycles. The van der Waals surface area contributed by atoms with E-state index in [9.17, 15) is 9.59 Å². The molecule has 0 spiro atoms. The Labute approximate surface area is 131 Å². The topological polar surface area (TPSA) is 70.2 Å². The minimum absolute atomic E-state index is 0. The Morgan fingerprint density at radius 3 is 2.48 bits per heavy atom. The van der Waals surface area contributed by atoms with Crippen molar-refractivity contribution in [2.75, 3.05) is 19.6 Å². The van der Waals surface area contributed by atoms with Gasteiger partial charge in [-0.2, -0.15) is 0 Å². The lowest BCUT2D eigenvalue weighted by atomic mass is 10.0. The Kier molecular flexibility index (Phi) is 7.79. The highest BCUT2D eigenvalue weighted by atomic mass is 35.5. The number of hydrogen-bond donors (Lipinski definition) is 3. The lowest BCUT2D eigenvalue weighted by molar-refractivity contribution is -0.123. The van der Waals surface area contributed by atoms with Crippen LogP contribution in [0.1, 0.15) is 29.6 Å².